The van der Waals surface area contributed by atoms with E-state index in [1.807, 2.05) is 31.2 Å². The Labute approximate surface area is 160 Å². The van der Waals surface area contributed by atoms with Gasteiger partial charge in [0.05, 0.1) is 40.0 Å². The molecular weight excluding hydrogens is 386 g/mol. The maximum absolute atomic E-state index is 12.4. The topological polar surface area (TPSA) is 110 Å². The summed E-state index contributed by atoms with van der Waals surface area (Å²) < 4.78 is 25.1. The largest absolute Gasteiger partial charge is 0.333 e. The van der Waals surface area contributed by atoms with Gasteiger partial charge in [0.2, 0.25) is 5.91 Å². The molecule has 27 heavy (non-hydrogen) atoms. The first-order valence-corrected chi connectivity index (χ1v) is 11.3. The van der Waals surface area contributed by atoms with E-state index in [2.05, 4.69) is 20.4 Å². The van der Waals surface area contributed by atoms with Gasteiger partial charge in [0.25, 0.3) is 0 Å². The number of carbonyl (C=O) groups is 1. The number of hydrogen-bond acceptors (Lipinski definition) is 6. The van der Waals surface area contributed by atoms with E-state index in [4.69, 9.17) is 0 Å². The van der Waals surface area contributed by atoms with Crippen LogP contribution in [0.25, 0.3) is 11.0 Å². The number of hydrogen-bond donors (Lipinski definition) is 2. The first kappa shape index (κ1) is 18.1. The van der Waals surface area contributed by atoms with E-state index in [1.165, 1.54) is 11.8 Å². The molecule has 0 saturated carbocycles. The molecule has 1 aliphatic rings. The molecule has 1 amide bonds. The third kappa shape index (κ3) is 4.01. The van der Waals surface area contributed by atoms with E-state index in [0.717, 1.165) is 16.7 Å². The number of aromatic nitrogens is 4. The lowest BCUT2D eigenvalue weighted by molar-refractivity contribution is -0.113. The number of nitrogens with one attached hydrogen (secondary N) is 2. The Kier molecular flexibility index (Phi) is 4.68. The van der Waals surface area contributed by atoms with E-state index >= 15 is 0 Å². The van der Waals surface area contributed by atoms with Crippen molar-refractivity contribution in [1.29, 1.82) is 0 Å². The molecule has 1 saturated heterocycles. The van der Waals surface area contributed by atoms with Gasteiger partial charge in [0, 0.05) is 6.07 Å². The van der Waals surface area contributed by atoms with Crippen molar-refractivity contribution in [3.63, 3.8) is 0 Å². The van der Waals surface area contributed by atoms with Crippen molar-refractivity contribution >= 4 is 44.4 Å². The van der Waals surface area contributed by atoms with Crippen LogP contribution in [-0.2, 0) is 14.6 Å². The Hall–Kier alpha value is -2.33. The van der Waals surface area contributed by atoms with Gasteiger partial charge in [-0.3, -0.25) is 4.79 Å². The monoisotopic (exact) mass is 405 g/mol. The first-order chi connectivity index (χ1) is 12.9. The zero-order valence-corrected chi connectivity index (χ0v) is 16.3. The van der Waals surface area contributed by atoms with Crippen molar-refractivity contribution < 1.29 is 13.2 Å². The summed E-state index contributed by atoms with van der Waals surface area (Å²) in [5.74, 6) is 0.746. The van der Waals surface area contributed by atoms with Crippen LogP contribution < -0.4 is 5.32 Å². The van der Waals surface area contributed by atoms with Crippen LogP contribution >= 0.6 is 11.8 Å². The standard InChI is InChI=1S/C17H19N5O3S2/c1-11-8-15(22(21-11)12-6-7-27(24,25)10-12)20-16(23)9-26-17-18-13-4-2-3-5-14(13)19-17/h2-5,8,12H,6-7,9-10H2,1H3,(H,18,19)(H,20,23). The van der Waals surface area contributed by atoms with Crippen molar-refractivity contribution in [3.8, 4) is 0 Å². The van der Waals surface area contributed by atoms with Gasteiger partial charge in [0.15, 0.2) is 15.0 Å². The number of amides is 1. The highest BCUT2D eigenvalue weighted by Crippen LogP contribution is 2.27. The highest BCUT2D eigenvalue weighted by molar-refractivity contribution is 7.99. The lowest BCUT2D eigenvalue weighted by atomic mass is 10.3. The van der Waals surface area contributed by atoms with Crippen molar-refractivity contribution in [1.82, 2.24) is 19.7 Å². The second kappa shape index (κ2) is 7.01. The molecule has 0 bridgehead atoms. The van der Waals surface area contributed by atoms with E-state index in [1.54, 1.807) is 10.7 Å². The molecule has 3 aromatic rings. The molecule has 142 valence electrons. The fourth-order valence-corrected chi connectivity index (χ4v) is 5.54. The third-order valence-corrected chi connectivity index (χ3v) is 7.01. The number of thioether (sulfide) groups is 1. The fraction of sp³-hybridized carbons (Fsp3) is 0.353. The van der Waals surface area contributed by atoms with Crippen molar-refractivity contribution in [3.05, 3.63) is 36.0 Å². The second-order valence-corrected chi connectivity index (χ2v) is 9.76. The van der Waals surface area contributed by atoms with Crippen molar-refractivity contribution in [2.45, 2.75) is 24.5 Å². The maximum Gasteiger partial charge on any atom is 0.235 e. The van der Waals surface area contributed by atoms with Gasteiger partial charge in [0.1, 0.15) is 5.82 Å². The predicted molar refractivity (Wildman–Crippen MR) is 105 cm³/mol. The van der Waals surface area contributed by atoms with Crippen LogP contribution in [0.1, 0.15) is 18.2 Å². The number of sulfone groups is 1. The Morgan fingerprint density at radius 1 is 1.41 bits per heavy atom. The first-order valence-electron chi connectivity index (χ1n) is 8.53. The molecule has 1 aromatic carbocycles. The van der Waals surface area contributed by atoms with Crippen LogP contribution in [0.4, 0.5) is 5.82 Å². The fourth-order valence-electron chi connectivity index (χ4n) is 3.17. The molecule has 3 heterocycles. The van der Waals surface area contributed by atoms with Gasteiger partial charge in [-0.1, -0.05) is 23.9 Å². The Balaban J connectivity index is 1.42. The van der Waals surface area contributed by atoms with E-state index < -0.39 is 9.84 Å². The molecule has 0 aliphatic carbocycles. The second-order valence-electron chi connectivity index (χ2n) is 6.57. The van der Waals surface area contributed by atoms with Gasteiger partial charge >= 0.3 is 0 Å². The predicted octanol–water partition coefficient (Wildman–Crippen LogP) is 2.16. The highest BCUT2D eigenvalue weighted by Gasteiger charge is 2.31. The molecule has 4 rings (SSSR count). The highest BCUT2D eigenvalue weighted by atomic mass is 32.2. The molecule has 1 unspecified atom stereocenters. The molecule has 0 spiro atoms. The Morgan fingerprint density at radius 2 is 2.22 bits per heavy atom. The van der Waals surface area contributed by atoms with Crippen LogP contribution in [-0.4, -0.2) is 51.3 Å². The Bertz CT molecular complexity index is 1070. The van der Waals surface area contributed by atoms with E-state index in [9.17, 15) is 13.2 Å². The smallest absolute Gasteiger partial charge is 0.235 e. The molecule has 1 fully saturated rings. The molecule has 10 heteroatoms. The summed E-state index contributed by atoms with van der Waals surface area (Å²) in [4.78, 5) is 20.0. The Morgan fingerprint density at radius 3 is 2.96 bits per heavy atom. The number of benzene rings is 1. The summed E-state index contributed by atoms with van der Waals surface area (Å²) in [5.41, 5.74) is 2.52. The number of H-pyrrole nitrogens is 1. The van der Waals surface area contributed by atoms with Crippen LogP contribution in [0.15, 0.2) is 35.5 Å². The van der Waals surface area contributed by atoms with Gasteiger partial charge in [-0.15, -0.1) is 0 Å². The van der Waals surface area contributed by atoms with Crippen LogP contribution in [0, 0.1) is 6.92 Å². The molecule has 0 radical (unpaired) electrons. The minimum Gasteiger partial charge on any atom is -0.333 e. The summed E-state index contributed by atoms with van der Waals surface area (Å²) in [6, 6.07) is 9.21. The molecular formula is C17H19N5O3S2. The number of nitrogens with zero attached hydrogens (tertiary/aromatic N) is 3. The SMILES string of the molecule is Cc1cc(NC(=O)CSc2nc3ccccc3[nH]2)n(C2CCS(=O)(=O)C2)n1. The lowest BCUT2D eigenvalue weighted by Gasteiger charge is -2.13. The summed E-state index contributed by atoms with van der Waals surface area (Å²) in [7, 11) is -3.03. The molecule has 2 aromatic heterocycles. The van der Waals surface area contributed by atoms with E-state index in [0.29, 0.717) is 17.4 Å². The van der Waals surface area contributed by atoms with Gasteiger partial charge in [-0.05, 0) is 25.5 Å². The van der Waals surface area contributed by atoms with Crippen molar-refractivity contribution in [2.24, 2.45) is 0 Å². The van der Waals surface area contributed by atoms with Gasteiger partial charge < -0.3 is 10.3 Å². The summed E-state index contributed by atoms with van der Waals surface area (Å²) in [5, 5.41) is 7.89. The number of para-hydroxylation sites is 2. The van der Waals surface area contributed by atoms with Crippen LogP contribution in [0.3, 0.4) is 0 Å². The molecule has 1 aliphatic heterocycles. The molecule has 1 atom stereocenters. The average molecular weight is 406 g/mol. The number of aromatic amines is 1. The molecule has 8 nitrogen and oxygen atoms in total. The van der Waals surface area contributed by atoms with Gasteiger partial charge in [-0.25, -0.2) is 18.1 Å². The lowest BCUT2D eigenvalue weighted by Crippen LogP contribution is -2.20. The number of imidazole rings is 1. The van der Waals surface area contributed by atoms with Gasteiger partial charge in [-0.2, -0.15) is 5.10 Å². The summed E-state index contributed by atoms with van der Waals surface area (Å²) in [6.07, 6.45) is 0.514. The number of fused-ring (bicyclic) bond motifs is 1. The normalized spacial score (nSPS) is 18.8. The minimum atomic E-state index is -3.03. The van der Waals surface area contributed by atoms with E-state index in [-0.39, 0.29) is 29.2 Å². The number of carbonyl (C=O) groups excluding carboxylic acids is 1. The van der Waals surface area contributed by atoms with Crippen molar-refractivity contribution in [2.75, 3.05) is 22.6 Å². The number of aryl methyl sites for hydroxylation is 1. The molecule has 2 N–H and O–H groups in total. The quantitative estimate of drug-likeness (QED) is 0.630. The summed E-state index contributed by atoms with van der Waals surface area (Å²) in [6.45, 7) is 1.82. The number of anilines is 1. The third-order valence-electron chi connectivity index (χ3n) is 4.39. The van der Waals surface area contributed by atoms with Crippen LogP contribution in [0.2, 0.25) is 0 Å². The minimum absolute atomic E-state index is 0.0602. The zero-order chi connectivity index (χ0) is 19.0. The average Bonchev–Trinajstić information content (AvgIpc) is 3.29. The van der Waals surface area contributed by atoms with Crippen LogP contribution in [0.5, 0.6) is 0 Å². The zero-order valence-electron chi connectivity index (χ0n) is 14.7. The summed E-state index contributed by atoms with van der Waals surface area (Å²) >= 11 is 1.31. The maximum atomic E-state index is 12.4. The number of rotatable bonds is 5.